The van der Waals surface area contributed by atoms with E-state index in [-0.39, 0.29) is 4.90 Å². The molecule has 0 amide bonds. The van der Waals surface area contributed by atoms with Crippen LogP contribution in [0.2, 0.25) is 0 Å². The first-order valence-corrected chi connectivity index (χ1v) is 6.80. The molecule has 1 aromatic rings. The fourth-order valence-corrected chi connectivity index (χ4v) is 1.82. The molecule has 0 saturated heterocycles. The van der Waals surface area contributed by atoms with E-state index in [1.54, 1.807) is 19.2 Å². The van der Waals surface area contributed by atoms with Crippen LogP contribution in [0.4, 0.5) is 0 Å². The maximum atomic E-state index is 10.8. The van der Waals surface area contributed by atoms with Crippen LogP contribution in [0, 0.1) is 0 Å². The molecule has 5 nitrogen and oxygen atoms in total. The molecule has 0 aliphatic rings. The molecule has 0 bridgehead atoms. The van der Waals surface area contributed by atoms with Crippen LogP contribution in [-0.2, 0) is 16.5 Å². The van der Waals surface area contributed by atoms with E-state index in [2.05, 4.69) is 10.6 Å². The summed E-state index contributed by atoms with van der Waals surface area (Å²) in [6, 6.07) is 6.07. The van der Waals surface area contributed by atoms with Crippen molar-refractivity contribution < 1.29 is 13.0 Å². The summed E-state index contributed by atoms with van der Waals surface area (Å²) in [6.07, 6.45) is 0.716. The van der Waals surface area contributed by atoms with Crippen LogP contribution in [0.5, 0.6) is 0 Å². The lowest BCUT2D eigenvalue weighted by atomic mass is 10.1. The van der Waals surface area contributed by atoms with Gasteiger partial charge in [-0.3, -0.25) is 4.55 Å². The van der Waals surface area contributed by atoms with Crippen molar-refractivity contribution in [2.75, 3.05) is 13.6 Å². The molecule has 1 rings (SSSR count). The summed E-state index contributed by atoms with van der Waals surface area (Å²) in [5.41, 5.74) is 0.962. The quantitative estimate of drug-likeness (QED) is 0.550. The molecule has 0 aliphatic heterocycles. The van der Waals surface area contributed by atoms with Gasteiger partial charge in [0.05, 0.1) is 4.90 Å². The molecular formula is C10H14N2O3S2. The van der Waals surface area contributed by atoms with Gasteiger partial charge in [-0.25, -0.2) is 0 Å². The molecule has 3 N–H and O–H groups in total. The van der Waals surface area contributed by atoms with Crippen LogP contribution >= 0.6 is 12.2 Å². The number of hydrogen-bond acceptors (Lipinski definition) is 3. The fraction of sp³-hybridized carbons (Fsp3) is 0.300. The molecule has 7 heteroatoms. The van der Waals surface area contributed by atoms with E-state index in [1.165, 1.54) is 12.1 Å². The maximum absolute atomic E-state index is 10.8. The van der Waals surface area contributed by atoms with E-state index in [0.29, 0.717) is 18.1 Å². The summed E-state index contributed by atoms with van der Waals surface area (Å²) in [5, 5.41) is 6.34. The fourth-order valence-electron chi connectivity index (χ4n) is 1.24. The lowest BCUT2D eigenvalue weighted by Gasteiger charge is -2.07. The predicted molar refractivity (Wildman–Crippen MR) is 69.6 cm³/mol. The molecule has 94 valence electrons. The normalized spacial score (nSPS) is 10.9. The highest BCUT2D eigenvalue weighted by molar-refractivity contribution is 7.85. The second-order valence-corrected chi connectivity index (χ2v) is 5.20. The second kappa shape index (κ2) is 5.95. The highest BCUT2D eigenvalue weighted by Gasteiger charge is 2.08. The van der Waals surface area contributed by atoms with Crippen LogP contribution in [0.25, 0.3) is 0 Å². The van der Waals surface area contributed by atoms with Crippen molar-refractivity contribution in [2.24, 2.45) is 0 Å². The van der Waals surface area contributed by atoms with Gasteiger partial charge in [-0.15, -0.1) is 0 Å². The lowest BCUT2D eigenvalue weighted by Crippen LogP contribution is -2.33. The van der Waals surface area contributed by atoms with Crippen molar-refractivity contribution in [3.63, 3.8) is 0 Å². The third kappa shape index (κ3) is 4.68. The minimum Gasteiger partial charge on any atom is -0.366 e. The summed E-state index contributed by atoms with van der Waals surface area (Å²) in [4.78, 5) is -0.0973. The van der Waals surface area contributed by atoms with Gasteiger partial charge in [0.2, 0.25) is 0 Å². The van der Waals surface area contributed by atoms with Crippen LogP contribution in [0.15, 0.2) is 29.2 Å². The topological polar surface area (TPSA) is 78.4 Å². The average molecular weight is 274 g/mol. The van der Waals surface area contributed by atoms with Crippen LogP contribution in [0.1, 0.15) is 5.56 Å². The average Bonchev–Trinajstić information content (AvgIpc) is 2.28. The van der Waals surface area contributed by atoms with Gasteiger partial charge in [0.25, 0.3) is 10.1 Å². The van der Waals surface area contributed by atoms with Gasteiger partial charge in [0.15, 0.2) is 5.11 Å². The zero-order chi connectivity index (χ0) is 12.9. The minimum atomic E-state index is -4.10. The number of thiocarbonyl (C=S) groups is 1. The highest BCUT2D eigenvalue weighted by Crippen LogP contribution is 2.10. The van der Waals surface area contributed by atoms with Gasteiger partial charge >= 0.3 is 0 Å². The number of hydrogen-bond donors (Lipinski definition) is 3. The van der Waals surface area contributed by atoms with Gasteiger partial charge < -0.3 is 10.6 Å². The summed E-state index contributed by atoms with van der Waals surface area (Å²) < 4.78 is 30.4. The molecule has 0 unspecified atom stereocenters. The smallest absolute Gasteiger partial charge is 0.294 e. The van der Waals surface area contributed by atoms with E-state index in [0.717, 1.165) is 5.56 Å². The Labute approximate surface area is 106 Å². The third-order valence-corrected chi connectivity index (χ3v) is 3.36. The van der Waals surface area contributed by atoms with E-state index in [9.17, 15) is 8.42 Å². The van der Waals surface area contributed by atoms with Crippen molar-refractivity contribution in [3.05, 3.63) is 29.8 Å². The Kier molecular flexibility index (Phi) is 4.86. The Hall–Kier alpha value is -1.18. The molecule has 1 aromatic carbocycles. The van der Waals surface area contributed by atoms with Crippen LogP contribution in [-0.4, -0.2) is 31.7 Å². The van der Waals surface area contributed by atoms with Crippen molar-refractivity contribution in [1.29, 1.82) is 0 Å². The Morgan fingerprint density at radius 1 is 1.35 bits per heavy atom. The Morgan fingerprint density at radius 3 is 2.41 bits per heavy atom. The molecule has 0 heterocycles. The van der Waals surface area contributed by atoms with E-state index >= 15 is 0 Å². The monoisotopic (exact) mass is 274 g/mol. The standard InChI is InChI=1S/C10H14N2O3S2/c1-11-10(16)12-7-6-8-2-4-9(5-3-8)17(13,14)15/h2-5H,6-7H2,1H3,(H2,11,12,16)(H,13,14,15). The van der Waals surface area contributed by atoms with Crippen molar-refractivity contribution in [2.45, 2.75) is 11.3 Å². The first-order chi connectivity index (χ1) is 7.93. The molecule has 0 aromatic heterocycles. The molecule has 0 fully saturated rings. The zero-order valence-electron chi connectivity index (χ0n) is 9.30. The van der Waals surface area contributed by atoms with Gasteiger partial charge in [0.1, 0.15) is 0 Å². The van der Waals surface area contributed by atoms with Gasteiger partial charge in [-0.1, -0.05) is 12.1 Å². The first-order valence-electron chi connectivity index (χ1n) is 4.95. The largest absolute Gasteiger partial charge is 0.366 e. The summed E-state index contributed by atoms with van der Waals surface area (Å²) in [7, 11) is -2.37. The molecule has 0 saturated carbocycles. The summed E-state index contributed by atoms with van der Waals surface area (Å²) in [5.74, 6) is 0. The second-order valence-electron chi connectivity index (χ2n) is 3.37. The number of benzene rings is 1. The van der Waals surface area contributed by atoms with Gasteiger partial charge in [-0.05, 0) is 36.3 Å². The highest BCUT2D eigenvalue weighted by atomic mass is 32.2. The molecular weight excluding hydrogens is 260 g/mol. The van der Waals surface area contributed by atoms with Gasteiger partial charge in [-0.2, -0.15) is 8.42 Å². The molecule has 17 heavy (non-hydrogen) atoms. The number of nitrogens with one attached hydrogen (secondary N) is 2. The first kappa shape index (κ1) is 13.9. The van der Waals surface area contributed by atoms with E-state index in [1.807, 2.05) is 0 Å². The molecule has 0 radical (unpaired) electrons. The Bertz CT molecular complexity index is 483. The molecule has 0 spiro atoms. The molecule has 0 aliphatic carbocycles. The Morgan fingerprint density at radius 2 is 1.94 bits per heavy atom. The SMILES string of the molecule is CNC(=S)NCCc1ccc(S(=O)(=O)O)cc1. The van der Waals surface area contributed by atoms with Crippen LogP contribution < -0.4 is 10.6 Å². The van der Waals surface area contributed by atoms with Gasteiger partial charge in [0, 0.05) is 13.6 Å². The predicted octanol–water partition coefficient (Wildman–Crippen LogP) is 0.570. The van der Waals surface area contributed by atoms with E-state index in [4.69, 9.17) is 16.8 Å². The van der Waals surface area contributed by atoms with Crippen LogP contribution in [0.3, 0.4) is 0 Å². The lowest BCUT2D eigenvalue weighted by molar-refractivity contribution is 0.483. The van der Waals surface area contributed by atoms with E-state index < -0.39 is 10.1 Å². The maximum Gasteiger partial charge on any atom is 0.294 e. The van der Waals surface area contributed by atoms with Crippen molar-refractivity contribution >= 4 is 27.4 Å². The van der Waals surface area contributed by atoms with Crippen molar-refractivity contribution in [3.8, 4) is 0 Å². The summed E-state index contributed by atoms with van der Waals surface area (Å²) >= 11 is 4.91. The molecule has 0 atom stereocenters. The Balaban J connectivity index is 2.55. The third-order valence-electron chi connectivity index (χ3n) is 2.15. The zero-order valence-corrected chi connectivity index (χ0v) is 10.9. The summed E-state index contributed by atoms with van der Waals surface area (Å²) in [6.45, 7) is 0.658. The number of rotatable bonds is 4. The minimum absolute atomic E-state index is 0.0973. The van der Waals surface area contributed by atoms with Crippen molar-refractivity contribution in [1.82, 2.24) is 10.6 Å².